The van der Waals surface area contributed by atoms with Crippen LogP contribution in [0.2, 0.25) is 10.0 Å². The lowest BCUT2D eigenvalue weighted by molar-refractivity contribution is -0.143. The monoisotopic (exact) mass is 832 g/mol. The zero-order valence-corrected chi connectivity index (χ0v) is 32.8. The van der Waals surface area contributed by atoms with Crippen molar-refractivity contribution in [3.05, 3.63) is 111 Å². The number of aromatic nitrogens is 1. The Morgan fingerprint density at radius 1 is 0.923 bits per heavy atom. The quantitative estimate of drug-likeness (QED) is 0.126. The van der Waals surface area contributed by atoms with E-state index < -0.39 is 18.0 Å². The third-order valence-corrected chi connectivity index (χ3v) is 9.98. The van der Waals surface area contributed by atoms with Crippen molar-refractivity contribution in [1.29, 1.82) is 0 Å². The zero-order chi connectivity index (χ0) is 37.5. The van der Waals surface area contributed by atoms with Crippen molar-refractivity contribution in [2.45, 2.75) is 40.3 Å². The van der Waals surface area contributed by atoms with Crippen LogP contribution in [0.3, 0.4) is 0 Å². The number of carbonyl (C=O) groups excluding carboxylic acids is 2. The van der Waals surface area contributed by atoms with Crippen molar-refractivity contribution in [3.63, 3.8) is 0 Å². The molecule has 0 N–H and O–H groups in total. The number of nitrogens with zero attached hydrogens (tertiary/aromatic N) is 2. The summed E-state index contributed by atoms with van der Waals surface area (Å²) in [5.74, 6) is 0.388. The van der Waals surface area contributed by atoms with Crippen LogP contribution in [0.1, 0.15) is 50.4 Å². The maximum Gasteiger partial charge on any atom is 0.343 e. The van der Waals surface area contributed by atoms with Gasteiger partial charge in [-0.2, -0.15) is 0 Å². The van der Waals surface area contributed by atoms with E-state index in [-0.39, 0.29) is 31.0 Å². The number of thiazole rings is 1. The van der Waals surface area contributed by atoms with Gasteiger partial charge in [0.15, 0.2) is 34.4 Å². The molecule has 0 bridgehead atoms. The lowest BCUT2D eigenvalue weighted by atomic mass is 9.95. The van der Waals surface area contributed by atoms with Gasteiger partial charge in [-0.25, -0.2) is 14.6 Å². The number of halogens is 3. The topological polar surface area (TPSA) is 124 Å². The van der Waals surface area contributed by atoms with Crippen molar-refractivity contribution in [3.8, 4) is 23.0 Å². The molecule has 2 heterocycles. The number of fused-ring (bicyclic) bond motifs is 1. The van der Waals surface area contributed by atoms with E-state index in [1.54, 1.807) is 63.2 Å². The van der Waals surface area contributed by atoms with Crippen molar-refractivity contribution in [1.82, 2.24) is 4.57 Å². The van der Waals surface area contributed by atoms with Gasteiger partial charge in [0.2, 0.25) is 0 Å². The van der Waals surface area contributed by atoms with Gasteiger partial charge in [-0.3, -0.25) is 9.36 Å². The van der Waals surface area contributed by atoms with E-state index in [1.807, 2.05) is 19.1 Å². The van der Waals surface area contributed by atoms with Crippen LogP contribution < -0.4 is 33.8 Å². The number of hydrogen-bond acceptors (Lipinski definition) is 11. The molecular weight excluding hydrogens is 799 g/mol. The van der Waals surface area contributed by atoms with Crippen molar-refractivity contribution in [2.75, 3.05) is 33.5 Å². The van der Waals surface area contributed by atoms with E-state index >= 15 is 0 Å². The molecule has 5 rings (SSSR count). The molecule has 0 spiro atoms. The van der Waals surface area contributed by atoms with Gasteiger partial charge in [0.1, 0.15) is 6.61 Å². The fourth-order valence-corrected chi connectivity index (χ4v) is 7.34. The molecule has 15 heteroatoms. The van der Waals surface area contributed by atoms with Gasteiger partial charge in [0.05, 0.1) is 63.3 Å². The number of benzene rings is 3. The maximum absolute atomic E-state index is 14.3. The molecule has 11 nitrogen and oxygen atoms in total. The minimum Gasteiger partial charge on any atom is -0.490 e. The number of carbonyl (C=O) groups is 2. The summed E-state index contributed by atoms with van der Waals surface area (Å²) in [4.78, 5) is 44.6. The fourth-order valence-electron chi connectivity index (χ4n) is 5.40. The fraction of sp³-hybridized carbons (Fsp3) is 0.297. The van der Waals surface area contributed by atoms with Gasteiger partial charge in [-0.05, 0) is 103 Å². The lowest BCUT2D eigenvalue weighted by Gasteiger charge is -2.25. The molecular formula is C37H35BrCl2N2O9S. The maximum atomic E-state index is 14.3. The second kappa shape index (κ2) is 17.5. The first-order valence-corrected chi connectivity index (χ1v) is 18.5. The number of esters is 2. The summed E-state index contributed by atoms with van der Waals surface area (Å²) in [5, 5.41) is 0.872. The summed E-state index contributed by atoms with van der Waals surface area (Å²) in [6, 6.07) is 13.0. The Kier molecular flexibility index (Phi) is 13.1. The second-order valence-corrected chi connectivity index (χ2v) is 13.8. The molecule has 0 saturated carbocycles. The van der Waals surface area contributed by atoms with Crippen molar-refractivity contribution >= 4 is 68.5 Å². The molecule has 0 unspecified atom stereocenters. The van der Waals surface area contributed by atoms with Crippen LogP contribution in [0.4, 0.5) is 0 Å². The summed E-state index contributed by atoms with van der Waals surface area (Å²) < 4.78 is 36.1. The largest absolute Gasteiger partial charge is 0.490 e. The molecule has 3 aromatic carbocycles. The third-order valence-electron chi connectivity index (χ3n) is 7.67. The van der Waals surface area contributed by atoms with Crippen LogP contribution in [0.15, 0.2) is 74.1 Å². The highest BCUT2D eigenvalue weighted by molar-refractivity contribution is 9.10. The predicted octanol–water partition coefficient (Wildman–Crippen LogP) is 6.80. The number of ether oxygens (including phenoxy) is 6. The van der Waals surface area contributed by atoms with Crippen LogP contribution in [-0.2, 0) is 25.7 Å². The van der Waals surface area contributed by atoms with Gasteiger partial charge in [-0.15, -0.1) is 0 Å². The van der Waals surface area contributed by atoms with Gasteiger partial charge in [-0.1, -0.05) is 46.7 Å². The minimum absolute atomic E-state index is 0.126. The molecule has 274 valence electrons. The van der Waals surface area contributed by atoms with Gasteiger partial charge < -0.3 is 28.4 Å². The molecule has 0 amide bonds. The first kappa shape index (κ1) is 38.9. The van der Waals surface area contributed by atoms with Gasteiger partial charge in [0, 0.05) is 0 Å². The number of hydrogen-bond donors (Lipinski definition) is 0. The summed E-state index contributed by atoms with van der Waals surface area (Å²) in [7, 11) is 1.27. The summed E-state index contributed by atoms with van der Waals surface area (Å²) >= 11 is 17.1. The summed E-state index contributed by atoms with van der Waals surface area (Å²) in [5.41, 5.74) is 2.26. The van der Waals surface area contributed by atoms with E-state index in [0.29, 0.717) is 76.9 Å². The van der Waals surface area contributed by atoms with Crippen LogP contribution >= 0.6 is 50.5 Å². The third kappa shape index (κ3) is 8.66. The van der Waals surface area contributed by atoms with E-state index in [0.717, 1.165) is 5.56 Å². The molecule has 4 aromatic rings. The van der Waals surface area contributed by atoms with Crippen LogP contribution in [0.25, 0.3) is 6.08 Å². The summed E-state index contributed by atoms with van der Waals surface area (Å²) in [6.07, 6.45) is 1.73. The van der Waals surface area contributed by atoms with E-state index in [2.05, 4.69) is 20.9 Å². The number of allylic oxidation sites excluding steroid dienone is 1. The van der Waals surface area contributed by atoms with E-state index in [9.17, 15) is 14.4 Å². The van der Waals surface area contributed by atoms with E-state index in [4.69, 9.17) is 51.6 Å². The van der Waals surface area contributed by atoms with Gasteiger partial charge in [0.25, 0.3) is 5.56 Å². The normalized spacial score (nSPS) is 14.0. The first-order valence-electron chi connectivity index (χ1n) is 16.2. The molecule has 1 atom stereocenters. The Morgan fingerprint density at radius 2 is 1.67 bits per heavy atom. The molecule has 0 fully saturated rings. The second-order valence-electron chi connectivity index (χ2n) is 11.1. The Hall–Kier alpha value is -4.30. The molecule has 1 aliphatic rings. The zero-order valence-electron chi connectivity index (χ0n) is 28.9. The minimum atomic E-state index is -0.908. The van der Waals surface area contributed by atoms with Gasteiger partial charge >= 0.3 is 11.9 Å². The molecule has 1 aromatic heterocycles. The highest BCUT2D eigenvalue weighted by Crippen LogP contribution is 2.39. The molecule has 0 aliphatic carbocycles. The number of methoxy groups -OCH3 is 1. The Balaban J connectivity index is 1.59. The predicted molar refractivity (Wildman–Crippen MR) is 202 cm³/mol. The molecule has 52 heavy (non-hydrogen) atoms. The molecule has 0 saturated heterocycles. The van der Waals surface area contributed by atoms with Crippen molar-refractivity contribution < 1.29 is 38.0 Å². The molecule has 0 radical (unpaired) electrons. The SMILES string of the molecule is CCOC(=O)C1=C(C)N=c2s/c(=C/c3cc(Br)c(OCc4ccc(Cl)c(Cl)c4)c(OCC)c3)c(=O)n2[C@@H]1c1ccc(OCC(=O)OC)c(OCC)c1. The van der Waals surface area contributed by atoms with Crippen molar-refractivity contribution in [2.24, 2.45) is 4.99 Å². The molecule has 1 aliphatic heterocycles. The van der Waals surface area contributed by atoms with E-state index in [1.165, 1.54) is 23.0 Å². The average Bonchev–Trinajstić information content (AvgIpc) is 3.41. The standard InChI is InChI=1S/C37H35BrCl2N2O9S/c1-6-47-28-17-23(10-12-27(28)50-19-31(43)46-5)33-32(36(45)49-8-3)20(4)41-37-42(33)35(44)30(52-37)16-22-13-24(38)34(29(15-22)48-7-2)51-18-21-9-11-25(39)26(40)14-21/h9-17,33H,6-8,18-19H2,1-5H3/b30-16+/t33-/m1/s1. The lowest BCUT2D eigenvalue weighted by Crippen LogP contribution is -2.40. The smallest absolute Gasteiger partial charge is 0.343 e. The van der Waals surface area contributed by atoms with Crippen LogP contribution in [0.5, 0.6) is 23.0 Å². The van der Waals surface area contributed by atoms with Crippen LogP contribution in [0, 0.1) is 0 Å². The number of rotatable bonds is 14. The Bertz CT molecular complexity index is 2220. The summed E-state index contributed by atoms with van der Waals surface area (Å²) in [6.45, 7) is 7.74. The highest BCUT2D eigenvalue weighted by Gasteiger charge is 2.34. The Labute approximate surface area is 322 Å². The Morgan fingerprint density at radius 3 is 2.37 bits per heavy atom. The van der Waals surface area contributed by atoms with Crippen LogP contribution in [-0.4, -0.2) is 50.0 Å². The first-order chi connectivity index (χ1) is 25.0. The highest BCUT2D eigenvalue weighted by atomic mass is 79.9. The average molecular weight is 835 g/mol.